The first kappa shape index (κ1) is 29.1. The van der Waals surface area contributed by atoms with Gasteiger partial charge in [0.05, 0.1) is 25.0 Å². The number of nitrogens with one attached hydrogen (secondary N) is 3. The Bertz CT molecular complexity index is 719. The molecule has 32 heavy (non-hydrogen) atoms. The van der Waals surface area contributed by atoms with Gasteiger partial charge in [-0.05, 0) is 25.4 Å². The molecule has 182 valence electrons. The number of carbonyl (C=O) groups excluding carboxylic acids is 4. The number of primary amides is 1. The lowest BCUT2D eigenvalue weighted by atomic mass is 10.1. The molecule has 0 aliphatic rings. The first-order valence-electron chi connectivity index (χ1n) is 9.36. The number of aliphatic hydroxyl groups is 1. The van der Waals surface area contributed by atoms with Gasteiger partial charge >= 0.3 is 11.9 Å². The minimum atomic E-state index is -1.71. The number of amides is 4. The molecule has 0 aromatic carbocycles. The summed E-state index contributed by atoms with van der Waals surface area (Å²) in [6, 6.07) is -5.97. The normalized spacial score (nSPS) is 15.4. The van der Waals surface area contributed by atoms with Crippen LogP contribution in [0.5, 0.6) is 0 Å². The summed E-state index contributed by atoms with van der Waals surface area (Å²) in [6.45, 7) is 1.12. The van der Waals surface area contributed by atoms with Crippen molar-refractivity contribution in [3.63, 3.8) is 0 Å². The third kappa shape index (κ3) is 10.9. The lowest BCUT2D eigenvalue weighted by Crippen LogP contribution is -2.59. The van der Waals surface area contributed by atoms with E-state index in [-0.39, 0.29) is 6.42 Å². The van der Waals surface area contributed by atoms with Crippen LogP contribution >= 0.6 is 11.8 Å². The topological polar surface area (TPSA) is 251 Å². The highest BCUT2D eigenvalue weighted by atomic mass is 32.2. The molecule has 0 rings (SSSR count). The highest BCUT2D eigenvalue weighted by Gasteiger charge is 2.32. The molecule has 0 fully saturated rings. The van der Waals surface area contributed by atoms with Crippen LogP contribution in [0.15, 0.2) is 0 Å². The number of carbonyl (C=O) groups is 6. The zero-order valence-electron chi connectivity index (χ0n) is 17.6. The second-order valence-electron chi connectivity index (χ2n) is 6.84. The van der Waals surface area contributed by atoms with E-state index in [4.69, 9.17) is 21.7 Å². The quantitative estimate of drug-likeness (QED) is 0.114. The third-order valence-electron chi connectivity index (χ3n) is 4.06. The van der Waals surface area contributed by atoms with Crippen LogP contribution in [0.4, 0.5) is 0 Å². The van der Waals surface area contributed by atoms with Crippen molar-refractivity contribution >= 4 is 47.3 Å². The van der Waals surface area contributed by atoms with E-state index < -0.39 is 78.7 Å². The predicted molar refractivity (Wildman–Crippen MR) is 112 cm³/mol. The fourth-order valence-electron chi connectivity index (χ4n) is 2.39. The van der Waals surface area contributed by atoms with Gasteiger partial charge in [-0.2, -0.15) is 11.8 Å². The van der Waals surface area contributed by atoms with E-state index in [1.807, 2.05) is 5.32 Å². The number of carboxylic acids is 2. The van der Waals surface area contributed by atoms with Gasteiger partial charge in [0, 0.05) is 0 Å². The van der Waals surface area contributed by atoms with Crippen LogP contribution in [0.25, 0.3) is 0 Å². The van der Waals surface area contributed by atoms with Gasteiger partial charge in [-0.3, -0.25) is 24.0 Å². The fourth-order valence-corrected chi connectivity index (χ4v) is 2.86. The number of hydrogen-bond acceptors (Lipinski definition) is 9. The smallest absolute Gasteiger partial charge is 0.328 e. The van der Waals surface area contributed by atoms with E-state index >= 15 is 0 Å². The van der Waals surface area contributed by atoms with Crippen LogP contribution in [-0.4, -0.2) is 93.2 Å². The van der Waals surface area contributed by atoms with Crippen LogP contribution < -0.4 is 27.4 Å². The van der Waals surface area contributed by atoms with Crippen LogP contribution in [-0.2, 0) is 28.8 Å². The summed E-state index contributed by atoms with van der Waals surface area (Å²) in [6.07, 6.45) is -1.03. The lowest BCUT2D eigenvalue weighted by molar-refractivity contribution is -0.145. The van der Waals surface area contributed by atoms with Gasteiger partial charge in [0.2, 0.25) is 23.6 Å². The summed E-state index contributed by atoms with van der Waals surface area (Å²) in [5.41, 5.74) is 10.6. The van der Waals surface area contributed by atoms with Crippen molar-refractivity contribution < 1.29 is 44.1 Å². The minimum absolute atomic E-state index is 0.0782. The summed E-state index contributed by atoms with van der Waals surface area (Å²) in [5.74, 6) is -6.37. The number of nitrogens with two attached hydrogens (primary N) is 2. The Hall–Kier alpha value is -2.91. The van der Waals surface area contributed by atoms with Crippen molar-refractivity contribution in [1.82, 2.24) is 16.0 Å². The monoisotopic (exact) mass is 479 g/mol. The molecule has 0 radical (unpaired) electrons. The summed E-state index contributed by atoms with van der Waals surface area (Å²) in [4.78, 5) is 70.5. The highest BCUT2D eigenvalue weighted by molar-refractivity contribution is 7.98. The van der Waals surface area contributed by atoms with Crippen LogP contribution in [0.2, 0.25) is 0 Å². The maximum absolute atomic E-state index is 12.7. The van der Waals surface area contributed by atoms with E-state index in [1.165, 1.54) is 11.8 Å². The van der Waals surface area contributed by atoms with Gasteiger partial charge in [-0.15, -0.1) is 0 Å². The van der Waals surface area contributed by atoms with Gasteiger partial charge in [-0.25, -0.2) is 4.79 Å². The molecule has 0 aliphatic carbocycles. The number of aliphatic carboxylic acids is 2. The van der Waals surface area contributed by atoms with Gasteiger partial charge in [0.1, 0.15) is 12.1 Å². The molecular weight excluding hydrogens is 450 g/mol. The summed E-state index contributed by atoms with van der Waals surface area (Å²) in [5, 5.41) is 33.8. The van der Waals surface area contributed by atoms with E-state index in [2.05, 4.69) is 10.6 Å². The molecule has 0 bridgehead atoms. The van der Waals surface area contributed by atoms with Crippen molar-refractivity contribution in [3.8, 4) is 0 Å². The number of aliphatic hydroxyl groups excluding tert-OH is 1. The predicted octanol–water partition coefficient (Wildman–Crippen LogP) is -3.66. The Balaban J connectivity index is 5.48. The molecule has 5 unspecified atom stereocenters. The molecule has 0 aromatic rings. The van der Waals surface area contributed by atoms with Gasteiger partial charge < -0.3 is 42.7 Å². The Morgan fingerprint density at radius 1 is 0.906 bits per heavy atom. The molecule has 5 atom stereocenters. The Morgan fingerprint density at radius 2 is 1.44 bits per heavy atom. The van der Waals surface area contributed by atoms with E-state index in [0.717, 1.165) is 6.92 Å². The summed E-state index contributed by atoms with van der Waals surface area (Å²) < 4.78 is 0. The molecule has 14 nitrogen and oxygen atoms in total. The zero-order valence-corrected chi connectivity index (χ0v) is 18.4. The SMILES string of the molecule is CSCCC(NC(=O)C(N)CC(=O)O)C(=O)NC(CC(N)=O)C(=O)NC(C(=O)O)C(C)O. The van der Waals surface area contributed by atoms with Crippen LogP contribution in [0, 0.1) is 0 Å². The van der Waals surface area contributed by atoms with Gasteiger partial charge in [0.15, 0.2) is 6.04 Å². The standard InChI is InChI=1S/C17H29N5O9S/c1-7(23)13(17(30)31)22-16(29)10(6-11(19)24)21-15(28)9(3-4-32-2)20-14(27)8(18)5-12(25)26/h7-10,13,23H,3-6,18H2,1-2H3,(H2,19,24)(H,20,27)(H,21,28)(H,22,29)(H,25,26)(H,30,31). The van der Waals surface area contributed by atoms with E-state index in [0.29, 0.717) is 5.75 Å². The Labute approximate surface area is 187 Å². The van der Waals surface area contributed by atoms with Crippen molar-refractivity contribution in [2.45, 2.75) is 56.5 Å². The molecule has 4 amide bonds. The first-order chi connectivity index (χ1) is 14.8. The van der Waals surface area contributed by atoms with Gasteiger partial charge in [-0.1, -0.05) is 0 Å². The largest absolute Gasteiger partial charge is 0.481 e. The molecule has 0 saturated heterocycles. The molecule has 0 heterocycles. The van der Waals surface area contributed by atoms with Crippen LogP contribution in [0.3, 0.4) is 0 Å². The van der Waals surface area contributed by atoms with Crippen molar-refractivity contribution in [2.75, 3.05) is 12.0 Å². The molecule has 0 aromatic heterocycles. The average molecular weight is 480 g/mol. The minimum Gasteiger partial charge on any atom is -0.481 e. The first-order valence-corrected chi connectivity index (χ1v) is 10.8. The lowest BCUT2D eigenvalue weighted by Gasteiger charge is -2.25. The maximum Gasteiger partial charge on any atom is 0.328 e. The number of thioether (sulfide) groups is 1. The van der Waals surface area contributed by atoms with Crippen LogP contribution in [0.1, 0.15) is 26.2 Å². The molecule has 0 aliphatic heterocycles. The van der Waals surface area contributed by atoms with Crippen molar-refractivity contribution in [3.05, 3.63) is 0 Å². The second-order valence-corrected chi connectivity index (χ2v) is 7.83. The molecule has 0 spiro atoms. The number of hydrogen-bond donors (Lipinski definition) is 8. The molecule has 10 N–H and O–H groups in total. The maximum atomic E-state index is 12.7. The Morgan fingerprint density at radius 3 is 1.88 bits per heavy atom. The summed E-state index contributed by atoms with van der Waals surface area (Å²) >= 11 is 1.34. The van der Waals surface area contributed by atoms with Gasteiger partial charge in [0.25, 0.3) is 0 Å². The van der Waals surface area contributed by atoms with Crippen molar-refractivity contribution in [2.24, 2.45) is 11.5 Å². The average Bonchev–Trinajstić information content (AvgIpc) is 2.66. The second kappa shape index (κ2) is 14.2. The summed E-state index contributed by atoms with van der Waals surface area (Å²) in [7, 11) is 0. The number of rotatable bonds is 15. The fraction of sp³-hybridized carbons (Fsp3) is 0.647. The third-order valence-corrected chi connectivity index (χ3v) is 4.70. The Kier molecular flexibility index (Phi) is 12.9. The zero-order chi connectivity index (χ0) is 25.0. The van der Waals surface area contributed by atoms with Crippen molar-refractivity contribution in [1.29, 1.82) is 0 Å². The van der Waals surface area contributed by atoms with E-state index in [9.17, 15) is 33.9 Å². The molecular formula is C17H29N5O9S. The molecule has 15 heteroatoms. The highest BCUT2D eigenvalue weighted by Crippen LogP contribution is 2.05. The molecule has 0 saturated carbocycles. The van der Waals surface area contributed by atoms with E-state index in [1.54, 1.807) is 6.26 Å². The number of carboxylic acid groups (broad SMARTS) is 2.